The zero-order valence-corrected chi connectivity index (χ0v) is 14.6. The summed E-state index contributed by atoms with van der Waals surface area (Å²) in [6.45, 7) is 0. The summed E-state index contributed by atoms with van der Waals surface area (Å²) in [4.78, 5) is 9.67. The van der Waals surface area contributed by atoms with Gasteiger partial charge < -0.3 is 0 Å². The van der Waals surface area contributed by atoms with Crippen LogP contribution in [0.3, 0.4) is 0 Å². The number of nitrogens with zero attached hydrogens (tertiary/aromatic N) is 2. The van der Waals surface area contributed by atoms with Crippen LogP contribution in [0.1, 0.15) is 5.56 Å². The zero-order valence-electron chi connectivity index (χ0n) is 12.9. The first kappa shape index (κ1) is 16.2. The highest BCUT2D eigenvalue weighted by atomic mass is 32.2. The number of aromatic nitrogens is 2. The minimum absolute atomic E-state index is 0.241. The van der Waals surface area contributed by atoms with Crippen molar-refractivity contribution < 1.29 is 8.78 Å². The lowest BCUT2D eigenvalue weighted by atomic mass is 10.1. The molecule has 25 heavy (non-hydrogen) atoms. The smallest absolute Gasteiger partial charge is 0.128 e. The van der Waals surface area contributed by atoms with Crippen LogP contribution in [0.25, 0.3) is 21.3 Å². The molecule has 0 bridgehead atoms. The highest BCUT2D eigenvalue weighted by Crippen LogP contribution is 2.38. The van der Waals surface area contributed by atoms with Crippen molar-refractivity contribution in [3.63, 3.8) is 0 Å². The van der Waals surface area contributed by atoms with Crippen molar-refractivity contribution in [2.24, 2.45) is 0 Å². The van der Waals surface area contributed by atoms with Crippen LogP contribution in [0.15, 0.2) is 65.3 Å². The third-order valence-electron chi connectivity index (χ3n) is 3.78. The van der Waals surface area contributed by atoms with E-state index in [9.17, 15) is 8.78 Å². The topological polar surface area (TPSA) is 25.8 Å². The molecule has 0 aliphatic carbocycles. The van der Waals surface area contributed by atoms with Crippen molar-refractivity contribution in [3.8, 4) is 11.1 Å². The van der Waals surface area contributed by atoms with Gasteiger partial charge in [-0.05, 0) is 35.4 Å². The van der Waals surface area contributed by atoms with Crippen LogP contribution < -0.4 is 0 Å². The highest BCUT2D eigenvalue weighted by Gasteiger charge is 2.13. The molecule has 0 atom stereocenters. The van der Waals surface area contributed by atoms with Crippen molar-refractivity contribution in [1.29, 1.82) is 0 Å². The Labute approximate surface area is 151 Å². The standard InChI is InChI=1S/C19H12F2N2S2/c20-14-5-1-12(2-6-14)9-24-18-17-16(10-25-19(17)23-11-22-18)13-3-7-15(21)8-4-13/h1-8,10-11H,9H2. The molecule has 0 spiro atoms. The van der Waals surface area contributed by atoms with Crippen molar-refractivity contribution in [3.05, 3.63) is 77.4 Å². The Kier molecular flexibility index (Phi) is 4.46. The molecule has 2 aromatic heterocycles. The molecule has 0 radical (unpaired) electrons. The molecule has 6 heteroatoms. The first-order chi connectivity index (χ1) is 12.2. The maximum Gasteiger partial charge on any atom is 0.128 e. The van der Waals surface area contributed by atoms with Crippen LogP contribution in [0.2, 0.25) is 0 Å². The van der Waals surface area contributed by atoms with Crippen LogP contribution in [-0.2, 0) is 5.75 Å². The molecule has 4 aromatic rings. The quantitative estimate of drug-likeness (QED) is 0.329. The number of hydrogen-bond donors (Lipinski definition) is 0. The van der Waals surface area contributed by atoms with E-state index in [2.05, 4.69) is 9.97 Å². The van der Waals surface area contributed by atoms with E-state index in [1.54, 1.807) is 53.7 Å². The van der Waals surface area contributed by atoms with Gasteiger partial charge in [0.15, 0.2) is 0 Å². The van der Waals surface area contributed by atoms with Gasteiger partial charge >= 0.3 is 0 Å². The predicted molar refractivity (Wildman–Crippen MR) is 98.8 cm³/mol. The van der Waals surface area contributed by atoms with Gasteiger partial charge in [-0.1, -0.05) is 24.3 Å². The average Bonchev–Trinajstić information content (AvgIpc) is 3.07. The maximum atomic E-state index is 13.2. The van der Waals surface area contributed by atoms with Crippen LogP contribution in [0.5, 0.6) is 0 Å². The Bertz CT molecular complexity index is 1010. The van der Waals surface area contributed by atoms with Gasteiger partial charge in [-0.15, -0.1) is 23.1 Å². The SMILES string of the molecule is Fc1ccc(CSc2ncnc3scc(-c4ccc(F)cc4)c23)cc1. The molecule has 4 rings (SSSR count). The number of halogens is 2. The molecular weight excluding hydrogens is 358 g/mol. The molecule has 2 aromatic carbocycles. The molecule has 0 amide bonds. The summed E-state index contributed by atoms with van der Waals surface area (Å²) in [7, 11) is 0. The number of thioether (sulfide) groups is 1. The summed E-state index contributed by atoms with van der Waals surface area (Å²) < 4.78 is 26.2. The first-order valence-electron chi connectivity index (χ1n) is 7.56. The van der Waals surface area contributed by atoms with Crippen LogP contribution >= 0.6 is 23.1 Å². The summed E-state index contributed by atoms with van der Waals surface area (Å²) in [5.74, 6) is 0.186. The number of thiophene rings is 1. The van der Waals surface area contributed by atoms with Gasteiger partial charge in [0.1, 0.15) is 27.8 Å². The van der Waals surface area contributed by atoms with Crippen molar-refractivity contribution in [2.45, 2.75) is 10.8 Å². The highest BCUT2D eigenvalue weighted by molar-refractivity contribution is 7.98. The molecule has 0 aliphatic heterocycles. The molecule has 0 N–H and O–H groups in total. The lowest BCUT2D eigenvalue weighted by molar-refractivity contribution is 0.627. The summed E-state index contributed by atoms with van der Waals surface area (Å²) in [5, 5.41) is 3.87. The van der Waals surface area contributed by atoms with Gasteiger partial charge in [0.05, 0.1) is 5.39 Å². The van der Waals surface area contributed by atoms with E-state index in [0.717, 1.165) is 31.9 Å². The van der Waals surface area contributed by atoms with Crippen molar-refractivity contribution >= 4 is 33.3 Å². The Morgan fingerprint density at radius 2 is 1.56 bits per heavy atom. The number of rotatable bonds is 4. The molecule has 0 fully saturated rings. The summed E-state index contributed by atoms with van der Waals surface area (Å²) in [5.41, 5.74) is 2.96. The summed E-state index contributed by atoms with van der Waals surface area (Å²) >= 11 is 3.13. The van der Waals surface area contributed by atoms with Crippen molar-refractivity contribution in [1.82, 2.24) is 9.97 Å². The Hall–Kier alpha value is -2.31. The molecule has 2 nitrogen and oxygen atoms in total. The Morgan fingerprint density at radius 3 is 2.28 bits per heavy atom. The predicted octanol–water partition coefficient (Wildman–Crippen LogP) is 5.93. The molecule has 0 unspecified atom stereocenters. The third kappa shape index (κ3) is 3.41. The normalized spacial score (nSPS) is 11.1. The van der Waals surface area contributed by atoms with Gasteiger partial charge in [-0.25, -0.2) is 18.7 Å². The van der Waals surface area contributed by atoms with Crippen molar-refractivity contribution in [2.75, 3.05) is 0 Å². The van der Waals surface area contributed by atoms with E-state index >= 15 is 0 Å². The van der Waals surface area contributed by atoms with E-state index in [0.29, 0.717) is 5.75 Å². The summed E-state index contributed by atoms with van der Waals surface area (Å²) in [6, 6.07) is 12.9. The van der Waals surface area contributed by atoms with Gasteiger partial charge in [-0.3, -0.25) is 0 Å². The van der Waals surface area contributed by atoms with Gasteiger partial charge in [0.2, 0.25) is 0 Å². The molecule has 124 valence electrons. The second-order valence-electron chi connectivity index (χ2n) is 5.43. The number of benzene rings is 2. The van der Waals surface area contributed by atoms with E-state index in [4.69, 9.17) is 0 Å². The lowest BCUT2D eigenvalue weighted by Crippen LogP contribution is -1.88. The molecule has 0 aliphatic rings. The minimum Gasteiger partial charge on any atom is -0.229 e. The first-order valence-corrected chi connectivity index (χ1v) is 9.42. The number of fused-ring (bicyclic) bond motifs is 1. The monoisotopic (exact) mass is 370 g/mol. The molecule has 2 heterocycles. The van der Waals surface area contributed by atoms with Crippen LogP contribution in [0.4, 0.5) is 8.78 Å². The van der Waals surface area contributed by atoms with E-state index in [-0.39, 0.29) is 11.6 Å². The van der Waals surface area contributed by atoms with Gasteiger partial charge in [0.25, 0.3) is 0 Å². The minimum atomic E-state index is -0.259. The Morgan fingerprint density at radius 1 is 0.880 bits per heavy atom. The fraction of sp³-hybridized carbons (Fsp3) is 0.0526. The Balaban J connectivity index is 1.70. The average molecular weight is 370 g/mol. The second kappa shape index (κ2) is 6.90. The fourth-order valence-corrected chi connectivity index (χ4v) is 4.48. The maximum absolute atomic E-state index is 13.2. The zero-order chi connectivity index (χ0) is 17.2. The molecule has 0 saturated carbocycles. The largest absolute Gasteiger partial charge is 0.229 e. The number of hydrogen-bond acceptors (Lipinski definition) is 4. The van der Waals surface area contributed by atoms with E-state index < -0.39 is 0 Å². The van der Waals surface area contributed by atoms with Gasteiger partial charge in [-0.2, -0.15) is 0 Å². The van der Waals surface area contributed by atoms with Crippen LogP contribution in [0, 0.1) is 11.6 Å². The van der Waals surface area contributed by atoms with Crippen LogP contribution in [-0.4, -0.2) is 9.97 Å². The van der Waals surface area contributed by atoms with E-state index in [1.807, 2.05) is 5.38 Å². The van der Waals surface area contributed by atoms with E-state index in [1.165, 1.54) is 24.3 Å². The molecular formula is C19H12F2N2S2. The van der Waals surface area contributed by atoms with Gasteiger partial charge in [0, 0.05) is 16.7 Å². The lowest BCUT2D eigenvalue weighted by Gasteiger charge is -2.06. The third-order valence-corrected chi connectivity index (χ3v) is 5.73. The second-order valence-corrected chi connectivity index (χ2v) is 7.25. The fourth-order valence-electron chi connectivity index (χ4n) is 2.53. The summed E-state index contributed by atoms with van der Waals surface area (Å²) in [6.07, 6.45) is 1.56. The molecule has 0 saturated heterocycles.